The third-order valence-electron chi connectivity index (χ3n) is 3.35. The van der Waals surface area contributed by atoms with Gasteiger partial charge in [-0.05, 0) is 18.1 Å². The Hall–Kier alpha value is -1.18. The van der Waals surface area contributed by atoms with Crippen LogP contribution in [0.3, 0.4) is 0 Å². The van der Waals surface area contributed by atoms with Crippen LogP contribution in [0.25, 0.3) is 0 Å². The molecule has 0 radical (unpaired) electrons. The summed E-state index contributed by atoms with van der Waals surface area (Å²) >= 11 is 0. The zero-order chi connectivity index (χ0) is 14.8. The molecule has 20 heavy (non-hydrogen) atoms. The van der Waals surface area contributed by atoms with E-state index in [2.05, 4.69) is 23.7 Å². The smallest absolute Gasteiger partial charge is 0.244 e. The Balaban J connectivity index is 2.04. The van der Waals surface area contributed by atoms with E-state index in [1.807, 2.05) is 0 Å². The van der Waals surface area contributed by atoms with Crippen LogP contribution < -0.4 is 5.73 Å². The van der Waals surface area contributed by atoms with Gasteiger partial charge in [0.1, 0.15) is 10.7 Å². The van der Waals surface area contributed by atoms with E-state index >= 15 is 0 Å². The summed E-state index contributed by atoms with van der Waals surface area (Å²) in [6.07, 6.45) is 1.32. The average Bonchev–Trinajstić information content (AvgIpc) is 2.39. The molecule has 0 bridgehead atoms. The van der Waals surface area contributed by atoms with Crippen LogP contribution >= 0.6 is 0 Å². The van der Waals surface area contributed by atoms with Gasteiger partial charge in [-0.3, -0.25) is 0 Å². The Morgan fingerprint density at radius 2 is 1.90 bits per heavy atom. The molecule has 0 aromatic carbocycles. The average molecular weight is 298 g/mol. The molecular weight excluding hydrogens is 276 g/mol. The van der Waals surface area contributed by atoms with Crippen LogP contribution in [0.5, 0.6) is 0 Å². The molecule has 0 saturated carbocycles. The van der Waals surface area contributed by atoms with Crippen molar-refractivity contribution in [2.75, 3.05) is 38.5 Å². The summed E-state index contributed by atoms with van der Waals surface area (Å²) in [6.45, 7) is 7.96. The SMILES string of the molecule is CC(C)CN1CCN(S(=O)(=O)c2ccc(N)nc2)CC1. The minimum Gasteiger partial charge on any atom is -0.384 e. The van der Waals surface area contributed by atoms with Gasteiger partial charge in [0.05, 0.1) is 0 Å². The monoisotopic (exact) mass is 298 g/mol. The van der Waals surface area contributed by atoms with E-state index in [0.717, 1.165) is 19.6 Å². The summed E-state index contributed by atoms with van der Waals surface area (Å²) in [5, 5.41) is 0. The van der Waals surface area contributed by atoms with Crippen molar-refractivity contribution in [3.05, 3.63) is 18.3 Å². The summed E-state index contributed by atoms with van der Waals surface area (Å²) in [5.41, 5.74) is 5.49. The Morgan fingerprint density at radius 1 is 1.25 bits per heavy atom. The number of sulfonamides is 1. The molecule has 0 spiro atoms. The van der Waals surface area contributed by atoms with Crippen LogP contribution in [-0.2, 0) is 10.0 Å². The first-order valence-corrected chi connectivity index (χ1v) is 8.27. The number of nitrogen functional groups attached to an aromatic ring is 1. The van der Waals surface area contributed by atoms with Crippen LogP contribution in [0.2, 0.25) is 0 Å². The normalized spacial score (nSPS) is 18.6. The van der Waals surface area contributed by atoms with Gasteiger partial charge < -0.3 is 10.6 Å². The largest absolute Gasteiger partial charge is 0.384 e. The molecule has 0 aliphatic carbocycles. The molecule has 0 atom stereocenters. The van der Waals surface area contributed by atoms with Gasteiger partial charge in [0, 0.05) is 38.9 Å². The second kappa shape index (κ2) is 6.07. The Morgan fingerprint density at radius 3 is 2.40 bits per heavy atom. The highest BCUT2D eigenvalue weighted by Gasteiger charge is 2.28. The van der Waals surface area contributed by atoms with Gasteiger partial charge in [-0.1, -0.05) is 13.8 Å². The quantitative estimate of drug-likeness (QED) is 0.882. The van der Waals surface area contributed by atoms with Crippen molar-refractivity contribution in [2.24, 2.45) is 5.92 Å². The third kappa shape index (κ3) is 3.47. The maximum Gasteiger partial charge on any atom is 0.244 e. The first-order chi connectivity index (χ1) is 9.39. The summed E-state index contributed by atoms with van der Waals surface area (Å²) in [6, 6.07) is 3.03. The van der Waals surface area contributed by atoms with Crippen LogP contribution in [0.15, 0.2) is 23.2 Å². The highest BCUT2D eigenvalue weighted by atomic mass is 32.2. The van der Waals surface area contributed by atoms with E-state index in [9.17, 15) is 8.42 Å². The molecule has 1 aromatic heterocycles. The number of nitrogens with two attached hydrogens (primary N) is 1. The van der Waals surface area contributed by atoms with E-state index in [1.165, 1.54) is 22.6 Å². The molecule has 0 amide bonds. The number of piperazine rings is 1. The lowest BCUT2D eigenvalue weighted by atomic mass is 10.2. The topological polar surface area (TPSA) is 79.5 Å². The van der Waals surface area contributed by atoms with Crippen LogP contribution in [0, 0.1) is 5.92 Å². The highest BCUT2D eigenvalue weighted by molar-refractivity contribution is 7.89. The molecule has 6 nitrogen and oxygen atoms in total. The molecule has 1 saturated heterocycles. The number of hydrogen-bond acceptors (Lipinski definition) is 5. The second-order valence-corrected chi connectivity index (χ2v) is 7.46. The lowest BCUT2D eigenvalue weighted by Gasteiger charge is -2.34. The predicted molar refractivity (Wildman–Crippen MR) is 78.7 cm³/mol. The maximum absolute atomic E-state index is 12.5. The van der Waals surface area contributed by atoms with Crippen LogP contribution in [-0.4, -0.2) is 55.3 Å². The standard InChI is InChI=1S/C13H22N4O2S/c1-11(2)10-16-5-7-17(8-6-16)20(18,19)12-3-4-13(14)15-9-12/h3-4,9,11H,5-8,10H2,1-2H3,(H2,14,15). The van der Waals surface area contributed by atoms with Crippen LogP contribution in [0.1, 0.15) is 13.8 Å². The summed E-state index contributed by atoms with van der Waals surface area (Å²) in [7, 11) is -3.44. The minimum absolute atomic E-state index is 0.212. The van der Waals surface area contributed by atoms with Gasteiger partial charge in [0.25, 0.3) is 0 Å². The first kappa shape index (κ1) is 15.2. The van der Waals surface area contributed by atoms with Crippen molar-refractivity contribution in [1.82, 2.24) is 14.2 Å². The number of nitrogens with zero attached hydrogens (tertiary/aromatic N) is 3. The van der Waals surface area contributed by atoms with Gasteiger partial charge in [-0.15, -0.1) is 0 Å². The molecule has 2 heterocycles. The summed E-state index contributed by atoms with van der Waals surface area (Å²) in [4.78, 5) is 6.37. The first-order valence-electron chi connectivity index (χ1n) is 6.83. The maximum atomic E-state index is 12.5. The molecule has 2 rings (SSSR count). The molecule has 7 heteroatoms. The van der Waals surface area contributed by atoms with Gasteiger partial charge in [0.2, 0.25) is 10.0 Å². The minimum atomic E-state index is -3.44. The van der Waals surface area contributed by atoms with E-state index < -0.39 is 10.0 Å². The Bertz CT molecular complexity index is 534. The second-order valence-electron chi connectivity index (χ2n) is 5.52. The fraction of sp³-hybridized carbons (Fsp3) is 0.615. The summed E-state index contributed by atoms with van der Waals surface area (Å²) < 4.78 is 26.4. The molecule has 112 valence electrons. The zero-order valence-corrected chi connectivity index (χ0v) is 12.8. The molecule has 2 N–H and O–H groups in total. The number of pyridine rings is 1. The third-order valence-corrected chi connectivity index (χ3v) is 5.23. The van der Waals surface area contributed by atoms with Crippen molar-refractivity contribution >= 4 is 15.8 Å². The van der Waals surface area contributed by atoms with Crippen molar-refractivity contribution in [2.45, 2.75) is 18.7 Å². The molecule has 0 unspecified atom stereocenters. The van der Waals surface area contributed by atoms with Crippen LogP contribution in [0.4, 0.5) is 5.82 Å². The van der Waals surface area contributed by atoms with E-state index in [0.29, 0.717) is 24.8 Å². The molecule has 1 aromatic rings. The van der Waals surface area contributed by atoms with E-state index in [-0.39, 0.29) is 4.90 Å². The number of rotatable bonds is 4. The molecule has 1 fully saturated rings. The number of aromatic nitrogens is 1. The lowest BCUT2D eigenvalue weighted by Crippen LogP contribution is -2.49. The summed E-state index contributed by atoms with van der Waals surface area (Å²) in [5.74, 6) is 0.921. The van der Waals surface area contributed by atoms with Gasteiger partial charge >= 0.3 is 0 Å². The number of anilines is 1. The fourth-order valence-corrected chi connectivity index (χ4v) is 3.73. The van der Waals surface area contributed by atoms with Crippen molar-refractivity contribution in [1.29, 1.82) is 0 Å². The number of hydrogen-bond donors (Lipinski definition) is 1. The fourth-order valence-electron chi connectivity index (χ4n) is 2.36. The predicted octanol–water partition coefficient (Wildman–Crippen LogP) is 0.626. The van der Waals surface area contributed by atoms with Gasteiger partial charge in [-0.2, -0.15) is 4.31 Å². The van der Waals surface area contributed by atoms with E-state index in [1.54, 1.807) is 0 Å². The molecular formula is C13H22N4O2S. The van der Waals surface area contributed by atoms with Crippen molar-refractivity contribution in [3.8, 4) is 0 Å². The van der Waals surface area contributed by atoms with Gasteiger partial charge in [0.15, 0.2) is 0 Å². The van der Waals surface area contributed by atoms with Crippen molar-refractivity contribution < 1.29 is 8.42 Å². The highest BCUT2D eigenvalue weighted by Crippen LogP contribution is 2.17. The van der Waals surface area contributed by atoms with Crippen molar-refractivity contribution in [3.63, 3.8) is 0 Å². The van der Waals surface area contributed by atoms with E-state index in [4.69, 9.17) is 5.73 Å². The lowest BCUT2D eigenvalue weighted by molar-refractivity contribution is 0.172. The Labute approximate surface area is 120 Å². The zero-order valence-electron chi connectivity index (χ0n) is 12.0. The van der Waals surface area contributed by atoms with Gasteiger partial charge in [-0.25, -0.2) is 13.4 Å². The Kier molecular flexibility index (Phi) is 4.62. The molecule has 1 aliphatic heterocycles. The molecule has 1 aliphatic rings.